The molecular formula is C19H19NOS2. The van der Waals surface area contributed by atoms with E-state index in [1.54, 1.807) is 11.8 Å². The number of fused-ring (bicyclic) bond motifs is 1. The fraction of sp³-hybridized carbons (Fsp3) is 0.263. The zero-order valence-corrected chi connectivity index (χ0v) is 14.8. The van der Waals surface area contributed by atoms with Crippen molar-refractivity contribution in [2.24, 2.45) is 0 Å². The highest BCUT2D eigenvalue weighted by Gasteiger charge is 2.15. The van der Waals surface area contributed by atoms with Crippen LogP contribution in [0.1, 0.15) is 0 Å². The third-order valence-electron chi connectivity index (χ3n) is 4.27. The van der Waals surface area contributed by atoms with Crippen LogP contribution in [0.3, 0.4) is 0 Å². The van der Waals surface area contributed by atoms with Crippen molar-refractivity contribution in [1.29, 1.82) is 0 Å². The van der Waals surface area contributed by atoms with Gasteiger partial charge in [0.05, 0.1) is 18.2 Å². The number of ether oxygens (including phenoxy) is 1. The van der Waals surface area contributed by atoms with Crippen LogP contribution < -0.4 is 4.90 Å². The van der Waals surface area contributed by atoms with Crippen molar-refractivity contribution in [2.75, 3.05) is 37.5 Å². The first kappa shape index (κ1) is 15.1. The van der Waals surface area contributed by atoms with Crippen LogP contribution in [0.15, 0.2) is 53.4 Å². The summed E-state index contributed by atoms with van der Waals surface area (Å²) in [5.74, 6) is 0. The molecule has 2 nitrogen and oxygen atoms in total. The van der Waals surface area contributed by atoms with Gasteiger partial charge in [0.2, 0.25) is 0 Å². The van der Waals surface area contributed by atoms with Crippen molar-refractivity contribution in [3.63, 3.8) is 0 Å². The number of morpholine rings is 1. The molecule has 0 spiro atoms. The predicted molar refractivity (Wildman–Crippen MR) is 102 cm³/mol. The molecule has 1 aliphatic rings. The molecule has 3 aromatic rings. The molecule has 0 N–H and O–H groups in total. The van der Waals surface area contributed by atoms with Crippen LogP contribution in [0.5, 0.6) is 0 Å². The van der Waals surface area contributed by atoms with Crippen molar-refractivity contribution in [1.82, 2.24) is 0 Å². The molecule has 0 amide bonds. The van der Waals surface area contributed by atoms with Gasteiger partial charge < -0.3 is 9.64 Å². The number of benzene rings is 2. The summed E-state index contributed by atoms with van der Waals surface area (Å²) in [6, 6.07) is 17.8. The highest BCUT2D eigenvalue weighted by molar-refractivity contribution is 7.98. The highest BCUT2D eigenvalue weighted by Crippen LogP contribution is 2.38. The minimum absolute atomic E-state index is 0.831. The van der Waals surface area contributed by atoms with Crippen LogP contribution in [0.2, 0.25) is 0 Å². The Morgan fingerprint density at radius 1 is 1.04 bits per heavy atom. The Bertz CT molecular complexity index is 804. The number of hydrogen-bond acceptors (Lipinski definition) is 4. The summed E-state index contributed by atoms with van der Waals surface area (Å²) in [4.78, 5) is 3.75. The van der Waals surface area contributed by atoms with Crippen LogP contribution in [0.25, 0.3) is 21.2 Å². The summed E-state index contributed by atoms with van der Waals surface area (Å²) in [6.45, 7) is 3.64. The molecule has 23 heavy (non-hydrogen) atoms. The Balaban J connectivity index is 1.75. The molecule has 2 heterocycles. The Hall–Kier alpha value is -1.49. The zero-order chi connectivity index (χ0) is 15.6. The molecule has 118 valence electrons. The van der Waals surface area contributed by atoms with Crippen molar-refractivity contribution in [3.05, 3.63) is 48.5 Å². The van der Waals surface area contributed by atoms with E-state index in [4.69, 9.17) is 4.74 Å². The first-order valence-electron chi connectivity index (χ1n) is 7.85. The number of thioether (sulfide) groups is 1. The van der Waals surface area contributed by atoms with Gasteiger partial charge in [0, 0.05) is 28.1 Å². The van der Waals surface area contributed by atoms with E-state index in [1.165, 1.54) is 31.1 Å². The molecule has 0 atom stereocenters. The lowest BCUT2D eigenvalue weighted by molar-refractivity contribution is 0.123. The van der Waals surface area contributed by atoms with Crippen LogP contribution in [0, 0.1) is 0 Å². The lowest BCUT2D eigenvalue weighted by Crippen LogP contribution is -2.35. The molecule has 1 aliphatic heterocycles. The van der Waals surface area contributed by atoms with E-state index in [0.717, 1.165) is 26.3 Å². The summed E-state index contributed by atoms with van der Waals surface area (Å²) in [5.41, 5.74) is 2.62. The van der Waals surface area contributed by atoms with Gasteiger partial charge in [-0.05, 0) is 41.6 Å². The van der Waals surface area contributed by atoms with Crippen molar-refractivity contribution >= 4 is 38.2 Å². The second-order valence-corrected chi connectivity index (χ2v) is 7.57. The fourth-order valence-corrected chi connectivity index (χ4v) is 4.56. The van der Waals surface area contributed by atoms with Crippen molar-refractivity contribution in [2.45, 2.75) is 4.90 Å². The molecule has 2 aromatic carbocycles. The standard InChI is InChI=1S/C19H19NOS2/c1-22-15-7-5-14(6-8-15)16-3-2-4-18-17(16)13-19(23-18)20-9-11-21-12-10-20/h2-8,13H,9-12H2,1H3. The molecule has 0 unspecified atom stereocenters. The van der Waals surface area contributed by atoms with Crippen LogP contribution in [0.4, 0.5) is 5.00 Å². The van der Waals surface area contributed by atoms with Gasteiger partial charge in [0.25, 0.3) is 0 Å². The Morgan fingerprint density at radius 2 is 1.83 bits per heavy atom. The van der Waals surface area contributed by atoms with E-state index in [1.807, 2.05) is 11.3 Å². The van der Waals surface area contributed by atoms with Crippen molar-refractivity contribution in [3.8, 4) is 11.1 Å². The summed E-state index contributed by atoms with van der Waals surface area (Å²) < 4.78 is 6.83. The van der Waals surface area contributed by atoms with Gasteiger partial charge in [-0.25, -0.2) is 0 Å². The first-order chi connectivity index (χ1) is 11.3. The minimum Gasteiger partial charge on any atom is -0.378 e. The topological polar surface area (TPSA) is 12.5 Å². The Kier molecular flexibility index (Phi) is 4.29. The summed E-state index contributed by atoms with van der Waals surface area (Å²) >= 11 is 3.67. The van der Waals surface area contributed by atoms with E-state index in [2.05, 4.69) is 59.7 Å². The number of anilines is 1. The molecule has 1 aromatic heterocycles. The monoisotopic (exact) mass is 341 g/mol. The first-order valence-corrected chi connectivity index (χ1v) is 9.89. The van der Waals surface area contributed by atoms with Crippen molar-refractivity contribution < 1.29 is 4.74 Å². The van der Waals surface area contributed by atoms with E-state index in [0.29, 0.717) is 0 Å². The number of thiophene rings is 1. The van der Waals surface area contributed by atoms with Gasteiger partial charge in [-0.2, -0.15) is 0 Å². The molecule has 0 radical (unpaired) electrons. The Labute approximate surface area is 145 Å². The smallest absolute Gasteiger partial charge is 0.0922 e. The van der Waals surface area contributed by atoms with Gasteiger partial charge >= 0.3 is 0 Å². The lowest BCUT2D eigenvalue weighted by atomic mass is 10.0. The lowest BCUT2D eigenvalue weighted by Gasteiger charge is -2.27. The van der Waals surface area contributed by atoms with E-state index in [-0.39, 0.29) is 0 Å². The van der Waals surface area contributed by atoms with Gasteiger partial charge in [0.1, 0.15) is 0 Å². The quantitative estimate of drug-likeness (QED) is 0.613. The SMILES string of the molecule is CSc1ccc(-c2cccc3sc(N4CCOCC4)cc23)cc1. The number of hydrogen-bond donors (Lipinski definition) is 0. The summed E-state index contributed by atoms with van der Waals surface area (Å²) in [5, 5.41) is 2.72. The molecule has 0 saturated carbocycles. The minimum atomic E-state index is 0.831. The second-order valence-electron chi connectivity index (χ2n) is 5.63. The molecule has 0 bridgehead atoms. The van der Waals surface area contributed by atoms with E-state index < -0.39 is 0 Å². The molecule has 1 fully saturated rings. The maximum absolute atomic E-state index is 5.47. The normalized spacial score (nSPS) is 15.3. The summed E-state index contributed by atoms with van der Waals surface area (Å²) in [6.07, 6.45) is 2.11. The average molecular weight is 342 g/mol. The molecule has 4 heteroatoms. The van der Waals surface area contributed by atoms with Gasteiger partial charge in [-0.1, -0.05) is 24.3 Å². The largest absolute Gasteiger partial charge is 0.378 e. The number of rotatable bonds is 3. The third-order valence-corrected chi connectivity index (χ3v) is 6.18. The second kappa shape index (κ2) is 6.56. The molecule has 0 aliphatic carbocycles. The molecular weight excluding hydrogens is 322 g/mol. The van der Waals surface area contributed by atoms with Gasteiger partial charge in [0.15, 0.2) is 0 Å². The maximum Gasteiger partial charge on any atom is 0.0922 e. The maximum atomic E-state index is 5.47. The van der Waals surface area contributed by atoms with E-state index >= 15 is 0 Å². The number of nitrogens with zero attached hydrogens (tertiary/aromatic N) is 1. The third kappa shape index (κ3) is 2.99. The van der Waals surface area contributed by atoms with E-state index in [9.17, 15) is 0 Å². The highest BCUT2D eigenvalue weighted by atomic mass is 32.2. The van der Waals surface area contributed by atoms with Gasteiger partial charge in [-0.3, -0.25) is 0 Å². The predicted octanol–water partition coefficient (Wildman–Crippen LogP) is 5.13. The van der Waals surface area contributed by atoms with Gasteiger partial charge in [-0.15, -0.1) is 23.1 Å². The van der Waals surface area contributed by atoms with Crippen LogP contribution in [-0.2, 0) is 4.74 Å². The Morgan fingerprint density at radius 3 is 2.57 bits per heavy atom. The molecule has 4 rings (SSSR count). The zero-order valence-electron chi connectivity index (χ0n) is 13.1. The van der Waals surface area contributed by atoms with Crippen LogP contribution in [-0.4, -0.2) is 32.6 Å². The fourth-order valence-electron chi connectivity index (χ4n) is 3.01. The van der Waals surface area contributed by atoms with Crippen LogP contribution >= 0.6 is 23.1 Å². The molecule has 1 saturated heterocycles. The summed E-state index contributed by atoms with van der Waals surface area (Å²) in [7, 11) is 0. The average Bonchev–Trinajstić information content (AvgIpc) is 3.07.